The molecule has 0 N–H and O–H groups in total. The first-order valence-electron chi connectivity index (χ1n) is 6.13. The van der Waals surface area contributed by atoms with Crippen molar-refractivity contribution in [2.75, 3.05) is 0 Å². The van der Waals surface area contributed by atoms with Crippen molar-refractivity contribution in [2.24, 2.45) is 11.8 Å². The van der Waals surface area contributed by atoms with E-state index in [0.717, 1.165) is 11.8 Å². The molecule has 0 radical (unpaired) electrons. The summed E-state index contributed by atoms with van der Waals surface area (Å²) < 4.78 is 0. The van der Waals surface area contributed by atoms with Crippen LogP contribution in [0.1, 0.15) is 74.7 Å². The molecule has 0 aliphatic heterocycles. The molecule has 0 aromatic carbocycles. The van der Waals surface area contributed by atoms with Gasteiger partial charge in [0.15, 0.2) is 0 Å². The predicted molar refractivity (Wildman–Crippen MR) is 66.2 cm³/mol. The summed E-state index contributed by atoms with van der Waals surface area (Å²) in [6.45, 7) is 16.8. The first kappa shape index (κ1) is 18.7. The van der Waals surface area contributed by atoms with E-state index in [0.29, 0.717) is 0 Å². The summed E-state index contributed by atoms with van der Waals surface area (Å²) in [6, 6.07) is 0. The average molecular weight is 188 g/mol. The molecule has 0 nitrogen and oxygen atoms in total. The van der Waals surface area contributed by atoms with E-state index in [1.807, 2.05) is 27.7 Å². The van der Waals surface area contributed by atoms with Crippen LogP contribution >= 0.6 is 0 Å². The Bertz CT molecular complexity index is 48.3. The van der Waals surface area contributed by atoms with Crippen LogP contribution in [-0.2, 0) is 0 Å². The third kappa shape index (κ3) is 33.3. The molecule has 1 aliphatic rings. The van der Waals surface area contributed by atoms with Gasteiger partial charge in [0.25, 0.3) is 0 Å². The second kappa shape index (κ2) is 17.9. The predicted octanol–water partition coefficient (Wildman–Crippen LogP) is 5.52. The molecule has 1 aliphatic carbocycles. The summed E-state index contributed by atoms with van der Waals surface area (Å²) in [4.78, 5) is 0. The summed E-state index contributed by atoms with van der Waals surface area (Å²) >= 11 is 0. The molecule has 0 aromatic heterocycles. The van der Waals surface area contributed by atoms with E-state index in [-0.39, 0.29) is 0 Å². The van der Waals surface area contributed by atoms with Gasteiger partial charge in [0.05, 0.1) is 0 Å². The van der Waals surface area contributed by atoms with Gasteiger partial charge in [0.2, 0.25) is 0 Å². The van der Waals surface area contributed by atoms with Crippen LogP contribution in [0.2, 0.25) is 0 Å². The maximum Gasteiger partial charge on any atom is -0.0443 e. The minimum atomic E-state index is 0.833. The average Bonchev–Trinajstić information content (AvgIpc) is 2.07. The van der Waals surface area contributed by atoms with Gasteiger partial charge in [-0.05, 0) is 11.8 Å². The van der Waals surface area contributed by atoms with Gasteiger partial charge in [-0.3, -0.25) is 0 Å². The van der Waals surface area contributed by atoms with E-state index in [9.17, 15) is 0 Å². The molecule has 0 heterocycles. The Labute approximate surface area is 87.1 Å². The van der Waals surface area contributed by atoms with E-state index >= 15 is 0 Å². The largest absolute Gasteiger partial charge is 0.0683 e. The molecule has 0 unspecified atom stereocenters. The molecule has 0 spiro atoms. The monoisotopic (exact) mass is 188 g/mol. The van der Waals surface area contributed by atoms with Crippen molar-refractivity contribution in [2.45, 2.75) is 74.7 Å². The fraction of sp³-hybridized carbons (Fsp3) is 1.00. The van der Waals surface area contributed by atoms with Crippen molar-refractivity contribution < 1.29 is 0 Å². The molecule has 1 fully saturated rings. The quantitative estimate of drug-likeness (QED) is 0.469. The van der Waals surface area contributed by atoms with Crippen molar-refractivity contribution in [1.82, 2.24) is 0 Å². The SMILES string of the molecule is CC.CC.CC(C)C.CC1CCC1. The molecule has 0 atom stereocenters. The third-order valence-corrected chi connectivity index (χ3v) is 1.39. The van der Waals surface area contributed by atoms with Crippen molar-refractivity contribution in [3.8, 4) is 0 Å². The van der Waals surface area contributed by atoms with Gasteiger partial charge >= 0.3 is 0 Å². The normalized spacial score (nSPS) is 13.6. The first-order chi connectivity index (χ1) is 6.13. The van der Waals surface area contributed by atoms with Crippen LogP contribution in [0.15, 0.2) is 0 Å². The number of rotatable bonds is 0. The van der Waals surface area contributed by atoms with Crippen LogP contribution in [0.3, 0.4) is 0 Å². The molecule has 13 heavy (non-hydrogen) atoms. The summed E-state index contributed by atoms with van der Waals surface area (Å²) in [7, 11) is 0. The summed E-state index contributed by atoms with van der Waals surface area (Å²) in [5.41, 5.74) is 0. The van der Waals surface area contributed by atoms with E-state index in [2.05, 4.69) is 27.7 Å². The zero-order chi connectivity index (χ0) is 11.3. The van der Waals surface area contributed by atoms with Crippen LogP contribution < -0.4 is 0 Å². The minimum Gasteiger partial charge on any atom is -0.0683 e. The smallest absolute Gasteiger partial charge is 0.0443 e. The van der Waals surface area contributed by atoms with Crippen LogP contribution in [0.25, 0.3) is 0 Å². The van der Waals surface area contributed by atoms with Crippen molar-refractivity contribution >= 4 is 0 Å². The molecule has 1 saturated carbocycles. The Kier molecular flexibility index (Phi) is 25.8. The van der Waals surface area contributed by atoms with Gasteiger partial charge in [0, 0.05) is 0 Å². The maximum atomic E-state index is 2.31. The first-order valence-corrected chi connectivity index (χ1v) is 6.13. The van der Waals surface area contributed by atoms with Crippen LogP contribution in [0.5, 0.6) is 0 Å². The van der Waals surface area contributed by atoms with E-state index in [1.165, 1.54) is 19.3 Å². The molecular formula is C13H32. The zero-order valence-corrected chi connectivity index (χ0v) is 11.3. The molecule has 84 valence electrons. The molecule has 0 aromatic rings. The number of hydrogen-bond acceptors (Lipinski definition) is 0. The summed E-state index contributed by atoms with van der Waals surface area (Å²) in [6.07, 6.45) is 4.46. The van der Waals surface area contributed by atoms with Crippen molar-refractivity contribution in [3.05, 3.63) is 0 Å². The molecule has 0 saturated heterocycles. The lowest BCUT2D eigenvalue weighted by atomic mass is 9.88. The van der Waals surface area contributed by atoms with Crippen LogP contribution in [0, 0.1) is 11.8 Å². The van der Waals surface area contributed by atoms with Gasteiger partial charge in [-0.15, -0.1) is 0 Å². The van der Waals surface area contributed by atoms with Crippen molar-refractivity contribution in [1.29, 1.82) is 0 Å². The van der Waals surface area contributed by atoms with E-state index < -0.39 is 0 Å². The lowest BCUT2D eigenvalue weighted by molar-refractivity contribution is 0.346. The lowest BCUT2D eigenvalue weighted by Gasteiger charge is -2.18. The van der Waals surface area contributed by atoms with E-state index in [1.54, 1.807) is 0 Å². The topological polar surface area (TPSA) is 0 Å². The third-order valence-electron chi connectivity index (χ3n) is 1.39. The molecule has 0 bridgehead atoms. The van der Waals surface area contributed by atoms with Gasteiger partial charge in [-0.1, -0.05) is 74.7 Å². The Morgan fingerprint density at radius 3 is 1.00 bits per heavy atom. The highest BCUT2D eigenvalue weighted by Crippen LogP contribution is 2.24. The summed E-state index contributed by atoms with van der Waals surface area (Å²) in [5.74, 6) is 1.90. The molecule has 1 rings (SSSR count). The molecular weight excluding hydrogens is 156 g/mol. The van der Waals surface area contributed by atoms with Crippen molar-refractivity contribution in [3.63, 3.8) is 0 Å². The van der Waals surface area contributed by atoms with Gasteiger partial charge in [-0.2, -0.15) is 0 Å². The number of hydrogen-bond donors (Lipinski definition) is 0. The second-order valence-electron chi connectivity index (χ2n) is 3.77. The molecule has 0 heteroatoms. The highest BCUT2D eigenvalue weighted by molar-refractivity contribution is 4.62. The lowest BCUT2D eigenvalue weighted by Crippen LogP contribution is -2.04. The second-order valence-corrected chi connectivity index (χ2v) is 3.77. The van der Waals surface area contributed by atoms with Gasteiger partial charge < -0.3 is 0 Å². The standard InChI is InChI=1S/C5H10.C4H10.2C2H6/c1-5-3-2-4-5;1-4(2)3;2*1-2/h5H,2-4H2,1H3;4H,1-3H3;2*1-2H3. The Balaban J connectivity index is -0.000000114. The fourth-order valence-corrected chi connectivity index (χ4v) is 0.612. The van der Waals surface area contributed by atoms with E-state index in [4.69, 9.17) is 0 Å². The fourth-order valence-electron chi connectivity index (χ4n) is 0.612. The maximum absolute atomic E-state index is 2.31. The Morgan fingerprint density at radius 2 is 1.00 bits per heavy atom. The minimum absolute atomic E-state index is 0.833. The van der Waals surface area contributed by atoms with Crippen LogP contribution in [-0.4, -0.2) is 0 Å². The Hall–Kier alpha value is 0. The Morgan fingerprint density at radius 1 is 0.846 bits per heavy atom. The van der Waals surface area contributed by atoms with Gasteiger partial charge in [-0.25, -0.2) is 0 Å². The highest BCUT2D eigenvalue weighted by Gasteiger charge is 2.09. The highest BCUT2D eigenvalue weighted by atomic mass is 14.1. The summed E-state index contributed by atoms with van der Waals surface area (Å²) in [5, 5.41) is 0. The van der Waals surface area contributed by atoms with Crippen LogP contribution in [0.4, 0.5) is 0 Å². The zero-order valence-electron chi connectivity index (χ0n) is 11.3. The van der Waals surface area contributed by atoms with Gasteiger partial charge in [0.1, 0.15) is 0 Å². The molecule has 0 amide bonds.